The van der Waals surface area contributed by atoms with Gasteiger partial charge in [0.1, 0.15) is 6.10 Å². The van der Waals surface area contributed by atoms with E-state index in [1.54, 1.807) is 6.92 Å². The standard InChI is InChI=1S/C14H20O2/c1-8(2)13(15)16-12-7-10-6-11(9(12)3)14(10,4)5/h10-12H,1,3,6-7H2,2,4-5H3/t10-,11+,12-/m0/s1. The van der Waals surface area contributed by atoms with Gasteiger partial charge in [-0.3, -0.25) is 0 Å². The molecule has 0 aromatic heterocycles. The van der Waals surface area contributed by atoms with Gasteiger partial charge in [0.15, 0.2) is 0 Å². The molecule has 16 heavy (non-hydrogen) atoms. The first-order valence-electron chi connectivity index (χ1n) is 5.89. The lowest BCUT2D eigenvalue weighted by atomic mass is 9.47. The Morgan fingerprint density at radius 2 is 2.06 bits per heavy atom. The number of hydrogen-bond donors (Lipinski definition) is 0. The molecule has 0 aliphatic heterocycles. The molecule has 0 aromatic rings. The van der Waals surface area contributed by atoms with Crippen molar-refractivity contribution < 1.29 is 9.53 Å². The third-order valence-corrected chi connectivity index (χ3v) is 4.43. The van der Waals surface area contributed by atoms with Gasteiger partial charge >= 0.3 is 5.97 Å². The van der Waals surface area contributed by atoms with E-state index in [2.05, 4.69) is 27.0 Å². The Labute approximate surface area is 97.4 Å². The van der Waals surface area contributed by atoms with E-state index >= 15 is 0 Å². The van der Waals surface area contributed by atoms with Gasteiger partial charge in [0.25, 0.3) is 0 Å². The van der Waals surface area contributed by atoms with Gasteiger partial charge in [-0.15, -0.1) is 0 Å². The van der Waals surface area contributed by atoms with Crippen LogP contribution in [0.3, 0.4) is 0 Å². The zero-order valence-corrected chi connectivity index (χ0v) is 10.4. The summed E-state index contributed by atoms with van der Waals surface area (Å²) in [5.74, 6) is 0.908. The van der Waals surface area contributed by atoms with Crippen LogP contribution in [0.4, 0.5) is 0 Å². The van der Waals surface area contributed by atoms with E-state index in [1.807, 2.05) is 0 Å². The lowest BCUT2D eigenvalue weighted by Gasteiger charge is -2.59. The lowest BCUT2D eigenvalue weighted by Crippen LogP contribution is -2.54. The molecular formula is C14H20O2. The molecule has 88 valence electrons. The van der Waals surface area contributed by atoms with E-state index in [0.717, 1.165) is 12.0 Å². The fraction of sp³-hybridized carbons (Fsp3) is 0.643. The van der Waals surface area contributed by atoms with Gasteiger partial charge in [-0.1, -0.05) is 27.0 Å². The minimum atomic E-state index is -0.287. The lowest BCUT2D eigenvalue weighted by molar-refractivity contribution is -0.151. The van der Waals surface area contributed by atoms with Crippen LogP contribution in [0.5, 0.6) is 0 Å². The molecule has 2 heteroatoms. The van der Waals surface area contributed by atoms with Crippen molar-refractivity contribution in [2.45, 2.75) is 39.7 Å². The van der Waals surface area contributed by atoms with Crippen LogP contribution in [-0.4, -0.2) is 12.1 Å². The van der Waals surface area contributed by atoms with E-state index in [0.29, 0.717) is 22.8 Å². The molecule has 3 aliphatic rings. The van der Waals surface area contributed by atoms with Crippen LogP contribution < -0.4 is 0 Å². The second kappa shape index (κ2) is 3.47. The van der Waals surface area contributed by atoms with Crippen LogP contribution in [0.25, 0.3) is 0 Å². The smallest absolute Gasteiger partial charge is 0.333 e. The van der Waals surface area contributed by atoms with E-state index in [4.69, 9.17) is 4.74 Å². The second-order valence-electron chi connectivity index (χ2n) is 5.79. The average molecular weight is 220 g/mol. The predicted octanol–water partition coefficient (Wildman–Crippen LogP) is 3.10. The Hall–Kier alpha value is -1.05. The van der Waals surface area contributed by atoms with Crippen LogP contribution in [0.15, 0.2) is 24.3 Å². The summed E-state index contributed by atoms with van der Waals surface area (Å²) in [6.07, 6.45) is 2.06. The van der Waals surface area contributed by atoms with Crippen LogP contribution in [0, 0.1) is 17.3 Å². The summed E-state index contributed by atoms with van der Waals surface area (Å²) in [7, 11) is 0. The molecule has 2 bridgehead atoms. The fourth-order valence-corrected chi connectivity index (χ4v) is 3.03. The Balaban J connectivity index is 2.04. The SMILES string of the molecule is C=C(C)C(=O)O[C@H]1C[C@@H]2C[C@H](C1=C)C2(C)C. The van der Waals surface area contributed by atoms with Crippen molar-refractivity contribution in [2.24, 2.45) is 17.3 Å². The van der Waals surface area contributed by atoms with Crippen molar-refractivity contribution in [1.29, 1.82) is 0 Å². The highest BCUT2D eigenvalue weighted by atomic mass is 16.5. The van der Waals surface area contributed by atoms with Crippen molar-refractivity contribution >= 4 is 5.97 Å². The Bertz CT molecular complexity index is 365. The number of rotatable bonds is 2. The molecule has 3 rings (SSSR count). The van der Waals surface area contributed by atoms with Crippen LogP contribution in [0.2, 0.25) is 0 Å². The Kier molecular flexibility index (Phi) is 2.48. The van der Waals surface area contributed by atoms with Gasteiger partial charge < -0.3 is 4.74 Å². The number of carbonyl (C=O) groups excluding carboxylic acids is 1. The van der Waals surface area contributed by atoms with Gasteiger partial charge in [0.05, 0.1) is 0 Å². The van der Waals surface area contributed by atoms with Crippen LogP contribution in [0.1, 0.15) is 33.6 Å². The number of carbonyl (C=O) groups is 1. The molecule has 0 spiro atoms. The fourth-order valence-electron chi connectivity index (χ4n) is 3.03. The molecule has 3 atom stereocenters. The summed E-state index contributed by atoms with van der Waals surface area (Å²) < 4.78 is 5.42. The summed E-state index contributed by atoms with van der Waals surface area (Å²) in [4.78, 5) is 11.5. The summed E-state index contributed by atoms with van der Waals surface area (Å²) in [5.41, 5.74) is 1.91. The van der Waals surface area contributed by atoms with E-state index in [9.17, 15) is 4.79 Å². The topological polar surface area (TPSA) is 26.3 Å². The van der Waals surface area contributed by atoms with Gasteiger partial charge in [-0.25, -0.2) is 4.79 Å². The molecule has 0 heterocycles. The number of hydrogen-bond acceptors (Lipinski definition) is 2. The third-order valence-electron chi connectivity index (χ3n) is 4.43. The van der Waals surface area contributed by atoms with Gasteiger partial charge in [-0.2, -0.15) is 0 Å². The minimum absolute atomic E-state index is 0.0824. The first kappa shape index (κ1) is 11.4. The molecule has 3 saturated carbocycles. The summed E-state index contributed by atoms with van der Waals surface area (Å²) in [6, 6.07) is 0. The number of esters is 1. The Morgan fingerprint density at radius 3 is 2.50 bits per heavy atom. The molecule has 2 nitrogen and oxygen atoms in total. The molecule has 3 fully saturated rings. The van der Waals surface area contributed by atoms with E-state index < -0.39 is 0 Å². The predicted molar refractivity (Wildman–Crippen MR) is 63.8 cm³/mol. The Morgan fingerprint density at radius 1 is 1.44 bits per heavy atom. The van der Waals surface area contributed by atoms with Gasteiger partial charge in [0.2, 0.25) is 0 Å². The quantitative estimate of drug-likeness (QED) is 0.406. The molecule has 0 amide bonds. The van der Waals surface area contributed by atoms with Gasteiger partial charge in [0, 0.05) is 5.57 Å². The highest BCUT2D eigenvalue weighted by Gasteiger charge is 2.55. The highest BCUT2D eigenvalue weighted by molar-refractivity contribution is 5.87. The van der Waals surface area contributed by atoms with Gasteiger partial charge in [-0.05, 0) is 42.6 Å². The van der Waals surface area contributed by atoms with E-state index in [-0.39, 0.29) is 12.1 Å². The van der Waals surface area contributed by atoms with E-state index in [1.165, 1.54) is 6.42 Å². The van der Waals surface area contributed by atoms with Crippen LogP contribution in [-0.2, 0) is 9.53 Å². The average Bonchev–Trinajstić information content (AvgIpc) is 2.19. The number of fused-ring (bicyclic) bond motifs is 2. The first-order chi connectivity index (χ1) is 7.34. The molecular weight excluding hydrogens is 200 g/mol. The highest BCUT2D eigenvalue weighted by Crippen LogP contribution is 2.61. The molecule has 0 unspecified atom stereocenters. The molecule has 0 aromatic carbocycles. The monoisotopic (exact) mass is 220 g/mol. The molecule has 0 saturated heterocycles. The van der Waals surface area contributed by atoms with Crippen molar-refractivity contribution in [3.63, 3.8) is 0 Å². The maximum Gasteiger partial charge on any atom is 0.333 e. The van der Waals surface area contributed by atoms with Crippen molar-refractivity contribution in [3.05, 3.63) is 24.3 Å². The zero-order chi connectivity index (χ0) is 12.1. The summed E-state index contributed by atoms with van der Waals surface area (Å²) >= 11 is 0. The second-order valence-corrected chi connectivity index (χ2v) is 5.79. The minimum Gasteiger partial charge on any atom is -0.454 e. The summed E-state index contributed by atoms with van der Waals surface area (Å²) in [5, 5.41) is 0. The molecule has 0 radical (unpaired) electrons. The van der Waals surface area contributed by atoms with Crippen molar-refractivity contribution in [1.82, 2.24) is 0 Å². The first-order valence-corrected chi connectivity index (χ1v) is 5.89. The molecule has 0 N–H and O–H groups in total. The van der Waals surface area contributed by atoms with Crippen LogP contribution >= 0.6 is 0 Å². The largest absolute Gasteiger partial charge is 0.454 e. The maximum absolute atomic E-state index is 11.5. The number of ether oxygens (including phenoxy) is 1. The maximum atomic E-state index is 11.5. The van der Waals surface area contributed by atoms with Crippen molar-refractivity contribution in [2.75, 3.05) is 0 Å². The normalized spacial score (nSPS) is 35.2. The van der Waals surface area contributed by atoms with Crippen molar-refractivity contribution in [3.8, 4) is 0 Å². The summed E-state index contributed by atoms with van der Waals surface area (Å²) in [6.45, 7) is 14.0. The zero-order valence-electron chi connectivity index (χ0n) is 10.4. The third kappa shape index (κ3) is 1.51. The molecule has 3 aliphatic carbocycles.